The number of nitrogens with zero attached hydrogens (tertiary/aromatic N) is 2. The molecule has 0 saturated carbocycles. The van der Waals surface area contributed by atoms with Crippen molar-refractivity contribution in [1.29, 1.82) is 0 Å². The molecule has 0 aromatic heterocycles. The molecule has 27 heteroatoms. The van der Waals surface area contributed by atoms with E-state index in [9.17, 15) is 43.7 Å². The summed E-state index contributed by atoms with van der Waals surface area (Å²) in [5.41, 5.74) is 2.14. The summed E-state index contributed by atoms with van der Waals surface area (Å²) in [5, 5.41) is 9.38. The molecule has 1 unspecified atom stereocenters. The Morgan fingerprint density at radius 1 is 0.646 bits per heavy atom. The summed E-state index contributed by atoms with van der Waals surface area (Å²) in [7, 11) is -11.6. The minimum atomic E-state index is -4.65. The van der Waals surface area contributed by atoms with Crippen LogP contribution in [0.3, 0.4) is 0 Å². The van der Waals surface area contributed by atoms with Crippen LogP contribution in [0.1, 0.15) is 70.3 Å². The summed E-state index contributed by atoms with van der Waals surface area (Å²) in [6.45, 7) is 15.3. The maximum atomic E-state index is 12.5. The zero-order valence-electron chi connectivity index (χ0n) is 47.8. The van der Waals surface area contributed by atoms with E-state index in [1.165, 1.54) is 12.1 Å². The number of rotatable bonds is 44. The molecule has 0 spiro atoms. The standard InChI is InChI=1S/C55H84N2O22S3/c1-54(2,3)48-42-45(79-51-41-44(11-13-47(48)51)56(17-8-40-81(63,64)65)18-21-71-26-29-75-34-37-77-32-31-73-24-23-69-5)9-6-10-52-55(4,16-7-39-80(60,61)62)49-43-46(82(66,67)68)12-14-50(49)57(52)19-22-72-27-30-76-35-38-78-36-33-74-28-25-70-20-15-53(58)59/h6,9-14,41-43H,7-8,15-40H2,1-5H3,(H3-,58,59,60,61,62,63,64,65,66,67,68)/p+1. The normalized spacial score (nSPS) is 16.0. The van der Waals surface area contributed by atoms with Gasteiger partial charge in [-0.2, -0.15) is 25.3 Å². The smallest absolute Gasteiger partial charge is 0.305 e. The zero-order valence-corrected chi connectivity index (χ0v) is 50.3. The minimum Gasteiger partial charge on any atom is -0.481 e. The lowest BCUT2D eigenvalue weighted by atomic mass is 9.77. The van der Waals surface area contributed by atoms with Crippen LogP contribution in [0.5, 0.6) is 0 Å². The van der Waals surface area contributed by atoms with Crippen molar-refractivity contribution in [3.63, 3.8) is 0 Å². The molecule has 24 nitrogen and oxygen atoms in total. The Morgan fingerprint density at radius 2 is 1.16 bits per heavy atom. The number of carboxylic acid groups (broad SMARTS) is 1. The van der Waals surface area contributed by atoms with E-state index < -0.39 is 53.2 Å². The van der Waals surface area contributed by atoms with E-state index >= 15 is 0 Å². The molecule has 464 valence electrons. The van der Waals surface area contributed by atoms with Crippen molar-refractivity contribution >= 4 is 48.1 Å². The van der Waals surface area contributed by atoms with Crippen LogP contribution in [0.25, 0.3) is 17.4 Å². The van der Waals surface area contributed by atoms with Gasteiger partial charge in [0.25, 0.3) is 30.4 Å². The zero-order chi connectivity index (χ0) is 60.1. The van der Waals surface area contributed by atoms with Crippen LogP contribution in [-0.4, -0.2) is 214 Å². The van der Waals surface area contributed by atoms with Crippen molar-refractivity contribution in [1.82, 2.24) is 4.58 Å². The first-order valence-corrected chi connectivity index (χ1v) is 31.8. The van der Waals surface area contributed by atoms with Gasteiger partial charge in [0.2, 0.25) is 5.36 Å². The molecule has 0 fully saturated rings. The first-order chi connectivity index (χ1) is 38.9. The number of aliphatic carboxylic acids is 1. The van der Waals surface area contributed by atoms with Crippen molar-refractivity contribution in [2.24, 2.45) is 0 Å². The first kappa shape index (κ1) is 70.2. The van der Waals surface area contributed by atoms with Crippen LogP contribution >= 0.6 is 0 Å². The minimum absolute atomic E-state index is 0.00355. The fourth-order valence-corrected chi connectivity index (χ4v) is 10.3. The summed E-state index contributed by atoms with van der Waals surface area (Å²) >= 11 is 0. The maximum absolute atomic E-state index is 12.5. The van der Waals surface area contributed by atoms with Crippen LogP contribution in [-0.2, 0) is 93.3 Å². The molecule has 0 radical (unpaired) electrons. The number of ether oxygens (including phenoxy) is 10. The number of methoxy groups -OCH3 is 1. The van der Waals surface area contributed by atoms with Crippen molar-refractivity contribution < 1.29 is 101 Å². The largest absolute Gasteiger partial charge is 0.481 e. The molecule has 0 amide bonds. The van der Waals surface area contributed by atoms with Crippen LogP contribution in [0.2, 0.25) is 0 Å². The topological polar surface area (TPSA) is 312 Å². The summed E-state index contributed by atoms with van der Waals surface area (Å²) in [4.78, 5) is 12.1. The van der Waals surface area contributed by atoms with Gasteiger partial charge >= 0.3 is 5.97 Å². The van der Waals surface area contributed by atoms with Gasteiger partial charge in [0, 0.05) is 48.5 Å². The van der Waals surface area contributed by atoms with Gasteiger partial charge in [-0.05, 0) is 78.8 Å². The van der Waals surface area contributed by atoms with E-state index in [4.69, 9.17) is 56.9 Å². The van der Waals surface area contributed by atoms with E-state index in [0.29, 0.717) is 121 Å². The fourth-order valence-electron chi connectivity index (χ4n) is 8.82. The van der Waals surface area contributed by atoms with Crippen LogP contribution in [0, 0.1) is 0 Å². The van der Waals surface area contributed by atoms with E-state index in [1.54, 1.807) is 25.3 Å². The average Bonchev–Trinajstić information content (AvgIpc) is 2.35. The predicted octanol–water partition coefficient (Wildman–Crippen LogP) is 4.59. The molecule has 2 heterocycles. The van der Waals surface area contributed by atoms with Gasteiger partial charge < -0.3 is 61.8 Å². The molecule has 2 aliphatic heterocycles. The van der Waals surface area contributed by atoms with Crippen molar-refractivity contribution in [3.05, 3.63) is 82.6 Å². The molecule has 0 saturated heterocycles. The van der Waals surface area contributed by atoms with Gasteiger partial charge in [0.1, 0.15) is 24.7 Å². The highest BCUT2D eigenvalue weighted by molar-refractivity contribution is 7.86. The number of benzene rings is 2. The van der Waals surface area contributed by atoms with Gasteiger partial charge in [-0.15, -0.1) is 0 Å². The number of carboxylic acids is 1. The van der Waals surface area contributed by atoms with Crippen LogP contribution in [0.15, 0.2) is 69.6 Å². The number of hydrogen-bond donors (Lipinski definition) is 4. The van der Waals surface area contributed by atoms with E-state index in [1.807, 2.05) is 46.7 Å². The highest BCUT2D eigenvalue weighted by atomic mass is 32.2. The van der Waals surface area contributed by atoms with Crippen molar-refractivity contribution in [2.45, 2.75) is 69.1 Å². The molecule has 0 bridgehead atoms. The molecule has 1 aromatic carbocycles. The Kier molecular flexibility index (Phi) is 30.7. The Morgan fingerprint density at radius 3 is 1.67 bits per heavy atom. The van der Waals surface area contributed by atoms with E-state index in [-0.39, 0.29) is 88.7 Å². The number of hydrogen-bond acceptors (Lipinski definition) is 19. The number of carbonyl (C=O) groups is 1. The Labute approximate surface area is 482 Å². The molecule has 1 aromatic rings. The molecule has 1 atom stereocenters. The molecular formula is C55H85N2O22S3+. The van der Waals surface area contributed by atoms with Gasteiger partial charge in [0.05, 0.1) is 148 Å². The molecule has 4 N–H and O–H groups in total. The highest BCUT2D eigenvalue weighted by Gasteiger charge is 2.44. The second kappa shape index (κ2) is 35.9. The van der Waals surface area contributed by atoms with Crippen LogP contribution in [0.4, 0.5) is 5.69 Å². The SMILES string of the molecule is COCCOCCOCCOCCOCC[N+](CCCS(=O)(=O)O)=c1ccc2c(C(C)(C)C)cc(C=CC=C3N(CCOCCOCCOCCOCCOCCC(=O)O)c4ccc(S(=O)(=O)O)cc4C3(C)CCCS(=O)(=O)O)oc-2c1. The number of fused-ring (bicyclic) bond motifs is 2. The molecule has 4 rings (SSSR count). The quantitative estimate of drug-likeness (QED) is 0.0342. The van der Waals surface area contributed by atoms with Gasteiger partial charge in [-0.1, -0.05) is 26.8 Å². The summed E-state index contributed by atoms with van der Waals surface area (Å²) in [6.07, 6.45) is 5.60. The Balaban J connectivity index is 1.55. The Bertz CT molecular complexity index is 2850. The van der Waals surface area contributed by atoms with Crippen molar-refractivity contribution in [2.75, 3.05) is 169 Å². The second-order valence-corrected chi connectivity index (χ2v) is 24.8. The maximum Gasteiger partial charge on any atom is 0.305 e. The third-order valence-corrected chi connectivity index (χ3v) is 15.3. The van der Waals surface area contributed by atoms with E-state index in [0.717, 1.165) is 16.5 Å². The average molecular weight is 1220 g/mol. The first-order valence-electron chi connectivity index (χ1n) is 27.2. The second-order valence-electron chi connectivity index (χ2n) is 20.2. The summed E-state index contributed by atoms with van der Waals surface area (Å²) < 4.78 is 165. The van der Waals surface area contributed by atoms with Gasteiger partial charge in [-0.3, -0.25) is 18.5 Å². The predicted molar refractivity (Wildman–Crippen MR) is 305 cm³/mol. The third kappa shape index (κ3) is 26.3. The number of anilines is 1. The monoisotopic (exact) mass is 1220 g/mol. The Hall–Kier alpha value is -4.27. The third-order valence-electron chi connectivity index (χ3n) is 12.8. The summed E-state index contributed by atoms with van der Waals surface area (Å²) in [5.74, 6) is -0.908. The molecule has 3 aliphatic rings. The van der Waals surface area contributed by atoms with Gasteiger partial charge in [-0.25, -0.2) is 4.58 Å². The number of allylic oxidation sites excluding steroid dienone is 3. The lowest BCUT2D eigenvalue weighted by molar-refractivity contribution is -0.138. The van der Waals surface area contributed by atoms with E-state index in [2.05, 4.69) is 20.8 Å². The molecular weight excluding hydrogens is 1140 g/mol. The lowest BCUT2D eigenvalue weighted by Crippen LogP contribution is -2.35. The highest BCUT2D eigenvalue weighted by Crippen LogP contribution is 2.51. The van der Waals surface area contributed by atoms with Crippen LogP contribution < -0.4 is 14.8 Å². The molecule has 1 aliphatic carbocycles. The summed E-state index contributed by atoms with van der Waals surface area (Å²) in [6, 6.07) is 11.9. The molecule has 82 heavy (non-hydrogen) atoms. The van der Waals surface area contributed by atoms with Gasteiger partial charge in [0.15, 0.2) is 6.54 Å². The lowest BCUT2D eigenvalue weighted by Gasteiger charge is -2.30. The van der Waals surface area contributed by atoms with Crippen molar-refractivity contribution in [3.8, 4) is 11.3 Å². The fraction of sp³-hybridized carbons (Fsp3) is 0.636.